The van der Waals surface area contributed by atoms with Gasteiger partial charge in [0.05, 0.1) is 13.7 Å². The van der Waals surface area contributed by atoms with Crippen molar-refractivity contribution < 1.29 is 19.0 Å². The Kier molecular flexibility index (Phi) is 10.2. The summed E-state index contributed by atoms with van der Waals surface area (Å²) in [6, 6.07) is 13.7. The Morgan fingerprint density at radius 3 is 2.45 bits per heavy atom. The summed E-state index contributed by atoms with van der Waals surface area (Å²) in [5, 5.41) is 3.00. The molecule has 2 rings (SSSR count). The summed E-state index contributed by atoms with van der Waals surface area (Å²) >= 11 is 0. The van der Waals surface area contributed by atoms with Crippen molar-refractivity contribution in [3.63, 3.8) is 0 Å². The molecule has 0 aliphatic heterocycles. The molecule has 2 aromatic rings. The third-order valence-electron chi connectivity index (χ3n) is 5.44. The number of carbonyl (C=O) groups excluding carboxylic acids is 1. The van der Waals surface area contributed by atoms with Crippen molar-refractivity contribution in [2.45, 2.75) is 71.9 Å². The number of benzene rings is 2. The minimum absolute atomic E-state index is 0.122. The summed E-state index contributed by atoms with van der Waals surface area (Å²) in [5.41, 5.74) is 2.09. The van der Waals surface area contributed by atoms with Gasteiger partial charge in [0, 0.05) is 6.54 Å². The summed E-state index contributed by atoms with van der Waals surface area (Å²) in [6.07, 6.45) is 3.15. The molecule has 2 atom stereocenters. The summed E-state index contributed by atoms with van der Waals surface area (Å²) in [6.45, 7) is 9.48. The van der Waals surface area contributed by atoms with Gasteiger partial charge >= 0.3 is 0 Å². The van der Waals surface area contributed by atoms with Crippen LogP contribution in [0.4, 0.5) is 0 Å². The first-order chi connectivity index (χ1) is 15.0. The van der Waals surface area contributed by atoms with E-state index in [1.807, 2.05) is 43.3 Å². The molecule has 170 valence electrons. The predicted octanol–water partition coefficient (Wildman–Crippen LogP) is 5.86. The third-order valence-corrected chi connectivity index (χ3v) is 5.44. The van der Waals surface area contributed by atoms with Crippen molar-refractivity contribution in [2.75, 3.05) is 13.7 Å². The van der Waals surface area contributed by atoms with E-state index in [1.165, 1.54) is 0 Å². The van der Waals surface area contributed by atoms with Gasteiger partial charge in [0.15, 0.2) is 17.6 Å². The second kappa shape index (κ2) is 12.9. The number of hydrogen-bond acceptors (Lipinski definition) is 4. The standard InChI is InChI=1S/C26H37NO4/c1-6-9-16-30-24-15-14-20(17-25(24)29-5)18-27-26(28)22(8-3)31-23-13-11-10-12-21(23)19(4)7-2/h10-15,17,19,22H,6-9,16,18H2,1-5H3,(H,27,28). The molecule has 0 aliphatic carbocycles. The van der Waals surface area contributed by atoms with Crippen LogP contribution in [0.2, 0.25) is 0 Å². The highest BCUT2D eigenvalue weighted by molar-refractivity contribution is 5.81. The molecular weight excluding hydrogens is 390 g/mol. The number of para-hydroxylation sites is 1. The van der Waals surface area contributed by atoms with E-state index in [0.29, 0.717) is 31.2 Å². The molecule has 2 unspecified atom stereocenters. The van der Waals surface area contributed by atoms with Crippen LogP contribution in [0, 0.1) is 0 Å². The van der Waals surface area contributed by atoms with Gasteiger partial charge in [-0.25, -0.2) is 0 Å². The van der Waals surface area contributed by atoms with Crippen LogP contribution in [-0.4, -0.2) is 25.7 Å². The molecule has 5 nitrogen and oxygen atoms in total. The molecule has 0 aliphatic rings. The molecule has 0 heterocycles. The maximum absolute atomic E-state index is 12.8. The van der Waals surface area contributed by atoms with E-state index in [9.17, 15) is 4.79 Å². The normalized spacial score (nSPS) is 12.7. The highest BCUT2D eigenvalue weighted by Crippen LogP contribution is 2.30. The Balaban J connectivity index is 2.01. The molecule has 0 bridgehead atoms. The van der Waals surface area contributed by atoms with Gasteiger partial charge in [-0.3, -0.25) is 4.79 Å². The van der Waals surface area contributed by atoms with Gasteiger partial charge in [0.2, 0.25) is 0 Å². The van der Waals surface area contributed by atoms with Gasteiger partial charge in [-0.1, -0.05) is 58.4 Å². The van der Waals surface area contributed by atoms with Crippen LogP contribution in [-0.2, 0) is 11.3 Å². The monoisotopic (exact) mass is 427 g/mol. The Labute approximate surface area is 187 Å². The molecule has 5 heteroatoms. The van der Waals surface area contributed by atoms with Crippen molar-refractivity contribution in [3.8, 4) is 17.2 Å². The lowest BCUT2D eigenvalue weighted by molar-refractivity contribution is -0.128. The Bertz CT molecular complexity index is 821. The first kappa shape index (κ1) is 24.6. The van der Waals surface area contributed by atoms with Crippen molar-refractivity contribution >= 4 is 5.91 Å². The minimum Gasteiger partial charge on any atom is -0.493 e. The van der Waals surface area contributed by atoms with E-state index >= 15 is 0 Å². The smallest absolute Gasteiger partial charge is 0.261 e. The van der Waals surface area contributed by atoms with E-state index in [2.05, 4.69) is 32.2 Å². The quantitative estimate of drug-likeness (QED) is 0.407. The maximum atomic E-state index is 12.8. The molecule has 2 aromatic carbocycles. The van der Waals surface area contributed by atoms with Gasteiger partial charge in [0.1, 0.15) is 5.75 Å². The second-order valence-corrected chi connectivity index (χ2v) is 7.77. The number of amides is 1. The molecule has 0 saturated carbocycles. The van der Waals surface area contributed by atoms with Crippen molar-refractivity contribution in [2.24, 2.45) is 0 Å². The molecule has 1 amide bonds. The maximum Gasteiger partial charge on any atom is 0.261 e. The SMILES string of the molecule is CCCCOc1ccc(CNC(=O)C(CC)Oc2ccccc2C(C)CC)cc1OC. The van der Waals surface area contributed by atoms with Crippen LogP contribution >= 0.6 is 0 Å². The second-order valence-electron chi connectivity index (χ2n) is 7.77. The average molecular weight is 428 g/mol. The first-order valence-corrected chi connectivity index (χ1v) is 11.4. The zero-order valence-corrected chi connectivity index (χ0v) is 19.6. The van der Waals surface area contributed by atoms with E-state index in [-0.39, 0.29) is 5.91 Å². The van der Waals surface area contributed by atoms with Crippen LogP contribution in [0.3, 0.4) is 0 Å². The molecule has 0 saturated heterocycles. The molecule has 0 spiro atoms. The lowest BCUT2D eigenvalue weighted by Crippen LogP contribution is -2.37. The fourth-order valence-corrected chi connectivity index (χ4v) is 3.26. The highest BCUT2D eigenvalue weighted by atomic mass is 16.5. The molecule has 0 aromatic heterocycles. The van der Waals surface area contributed by atoms with Crippen LogP contribution in [0.1, 0.15) is 70.4 Å². The summed E-state index contributed by atoms with van der Waals surface area (Å²) in [5.74, 6) is 2.44. The third kappa shape index (κ3) is 7.20. The number of rotatable bonds is 13. The van der Waals surface area contributed by atoms with Crippen LogP contribution in [0.25, 0.3) is 0 Å². The zero-order chi connectivity index (χ0) is 22.6. The topological polar surface area (TPSA) is 56.8 Å². The van der Waals surface area contributed by atoms with Crippen LogP contribution in [0.15, 0.2) is 42.5 Å². The van der Waals surface area contributed by atoms with E-state index in [0.717, 1.165) is 41.9 Å². The van der Waals surface area contributed by atoms with Crippen molar-refractivity contribution in [1.82, 2.24) is 5.32 Å². The molecule has 1 N–H and O–H groups in total. The number of hydrogen-bond donors (Lipinski definition) is 1. The predicted molar refractivity (Wildman–Crippen MR) is 125 cm³/mol. The lowest BCUT2D eigenvalue weighted by Gasteiger charge is -2.21. The van der Waals surface area contributed by atoms with Gasteiger partial charge < -0.3 is 19.5 Å². The van der Waals surface area contributed by atoms with Crippen LogP contribution < -0.4 is 19.5 Å². The molecular formula is C26H37NO4. The Hall–Kier alpha value is -2.69. The average Bonchev–Trinajstić information content (AvgIpc) is 2.81. The summed E-state index contributed by atoms with van der Waals surface area (Å²) in [4.78, 5) is 12.8. The molecule has 0 fully saturated rings. The fourth-order valence-electron chi connectivity index (χ4n) is 3.26. The number of carbonyl (C=O) groups is 1. The number of nitrogens with one attached hydrogen (secondary N) is 1. The van der Waals surface area contributed by atoms with Crippen molar-refractivity contribution in [1.29, 1.82) is 0 Å². The molecule has 31 heavy (non-hydrogen) atoms. The van der Waals surface area contributed by atoms with E-state index in [4.69, 9.17) is 14.2 Å². The van der Waals surface area contributed by atoms with E-state index < -0.39 is 6.10 Å². The van der Waals surface area contributed by atoms with E-state index in [1.54, 1.807) is 7.11 Å². The first-order valence-electron chi connectivity index (χ1n) is 11.4. The zero-order valence-electron chi connectivity index (χ0n) is 19.6. The van der Waals surface area contributed by atoms with Gasteiger partial charge in [-0.15, -0.1) is 0 Å². The fraction of sp³-hybridized carbons (Fsp3) is 0.500. The Morgan fingerprint density at radius 1 is 1.00 bits per heavy atom. The highest BCUT2D eigenvalue weighted by Gasteiger charge is 2.20. The number of ether oxygens (including phenoxy) is 3. The van der Waals surface area contributed by atoms with Crippen molar-refractivity contribution in [3.05, 3.63) is 53.6 Å². The van der Waals surface area contributed by atoms with Gasteiger partial charge in [-0.2, -0.15) is 0 Å². The lowest BCUT2D eigenvalue weighted by atomic mass is 9.98. The minimum atomic E-state index is -0.538. The molecule has 0 radical (unpaired) electrons. The number of methoxy groups -OCH3 is 1. The Morgan fingerprint density at radius 2 is 1.77 bits per heavy atom. The summed E-state index contributed by atoms with van der Waals surface area (Å²) < 4.78 is 17.4. The largest absolute Gasteiger partial charge is 0.493 e. The summed E-state index contributed by atoms with van der Waals surface area (Å²) in [7, 11) is 1.63. The van der Waals surface area contributed by atoms with Gasteiger partial charge in [0.25, 0.3) is 5.91 Å². The van der Waals surface area contributed by atoms with Crippen LogP contribution in [0.5, 0.6) is 17.2 Å². The van der Waals surface area contributed by atoms with Gasteiger partial charge in [-0.05, 0) is 54.5 Å². The number of unbranched alkanes of at least 4 members (excludes halogenated alkanes) is 1.